The zero-order valence-electron chi connectivity index (χ0n) is 15.1. The first-order valence-electron chi connectivity index (χ1n) is 8.93. The molecule has 1 fully saturated rings. The fourth-order valence-electron chi connectivity index (χ4n) is 2.95. The van der Waals surface area contributed by atoms with Crippen molar-refractivity contribution in [1.29, 1.82) is 0 Å². The van der Waals surface area contributed by atoms with Gasteiger partial charge in [0, 0.05) is 17.9 Å². The van der Waals surface area contributed by atoms with Crippen LogP contribution in [-0.2, 0) is 4.79 Å². The number of nitrogens with zero attached hydrogens (tertiary/aromatic N) is 1. The van der Waals surface area contributed by atoms with Crippen LogP contribution in [0.3, 0.4) is 0 Å². The summed E-state index contributed by atoms with van der Waals surface area (Å²) in [5, 5.41) is 2.91. The number of unbranched alkanes of at least 4 members (excludes halogenated alkanes) is 2. The van der Waals surface area contributed by atoms with Gasteiger partial charge < -0.3 is 10.2 Å². The van der Waals surface area contributed by atoms with Crippen LogP contribution in [0.15, 0.2) is 24.3 Å². The Kier molecular flexibility index (Phi) is 7.29. The van der Waals surface area contributed by atoms with Gasteiger partial charge in [0.25, 0.3) is 5.91 Å². The van der Waals surface area contributed by atoms with E-state index in [-0.39, 0.29) is 28.9 Å². The standard InChI is InChI=1S/C19H27FN2O2S/c1-4-5-6-11-21-17(23)16-12-25-19(13(2)3)22(16)18(24)14-7-9-15(20)10-8-14/h7-10,13,16,19H,4-6,11-12H2,1-3H3,(H,21,23)/t16-,19-/m0/s1. The largest absolute Gasteiger partial charge is 0.354 e. The first-order valence-corrected chi connectivity index (χ1v) is 9.98. The summed E-state index contributed by atoms with van der Waals surface area (Å²) in [6.45, 7) is 6.85. The first-order chi connectivity index (χ1) is 12.0. The van der Waals surface area contributed by atoms with Crippen molar-refractivity contribution in [2.45, 2.75) is 51.4 Å². The highest BCUT2D eigenvalue weighted by atomic mass is 32.2. The van der Waals surface area contributed by atoms with Crippen molar-refractivity contribution >= 4 is 23.6 Å². The lowest BCUT2D eigenvalue weighted by Gasteiger charge is -2.31. The molecule has 2 rings (SSSR count). The molecule has 2 amide bonds. The Morgan fingerprint density at radius 3 is 2.56 bits per heavy atom. The minimum absolute atomic E-state index is 0.0519. The third kappa shape index (κ3) is 4.97. The Bertz CT molecular complexity index is 592. The third-order valence-electron chi connectivity index (χ3n) is 4.31. The molecule has 0 spiro atoms. The van der Waals surface area contributed by atoms with Crippen molar-refractivity contribution in [2.24, 2.45) is 5.92 Å². The molecule has 1 saturated heterocycles. The summed E-state index contributed by atoms with van der Waals surface area (Å²) in [5.41, 5.74) is 0.415. The SMILES string of the molecule is CCCCCNC(=O)[C@@H]1CS[C@@H](C(C)C)N1C(=O)c1ccc(F)cc1. The van der Waals surface area contributed by atoms with E-state index in [1.54, 1.807) is 16.7 Å². The lowest BCUT2D eigenvalue weighted by atomic mass is 10.1. The van der Waals surface area contributed by atoms with Crippen LogP contribution in [-0.4, -0.2) is 40.4 Å². The van der Waals surface area contributed by atoms with Crippen molar-refractivity contribution in [3.63, 3.8) is 0 Å². The van der Waals surface area contributed by atoms with Gasteiger partial charge in [-0.15, -0.1) is 11.8 Å². The summed E-state index contributed by atoms with van der Waals surface area (Å²) in [5.74, 6) is 0.139. The molecule has 0 unspecified atom stereocenters. The van der Waals surface area contributed by atoms with Crippen molar-refractivity contribution in [2.75, 3.05) is 12.3 Å². The molecule has 1 aliphatic rings. The number of nitrogens with one attached hydrogen (secondary N) is 1. The first kappa shape index (κ1) is 19.8. The summed E-state index contributed by atoms with van der Waals surface area (Å²) in [6, 6.07) is 5.04. The second-order valence-corrected chi connectivity index (χ2v) is 7.85. The van der Waals surface area contributed by atoms with Gasteiger partial charge in [-0.05, 0) is 36.6 Å². The van der Waals surface area contributed by atoms with Gasteiger partial charge >= 0.3 is 0 Å². The van der Waals surface area contributed by atoms with Crippen molar-refractivity contribution in [3.8, 4) is 0 Å². The fourth-order valence-corrected chi connectivity index (χ4v) is 4.43. The Hall–Kier alpha value is -1.56. The van der Waals surface area contributed by atoms with E-state index < -0.39 is 6.04 Å². The summed E-state index contributed by atoms with van der Waals surface area (Å²) >= 11 is 1.64. The predicted octanol–water partition coefficient (Wildman–Crippen LogP) is 3.67. The van der Waals surface area contributed by atoms with Gasteiger partial charge in [0.1, 0.15) is 11.9 Å². The maximum Gasteiger partial charge on any atom is 0.255 e. The van der Waals surface area contributed by atoms with E-state index in [1.165, 1.54) is 24.3 Å². The molecule has 4 nitrogen and oxygen atoms in total. The maximum atomic E-state index is 13.1. The van der Waals surface area contributed by atoms with Crippen LogP contribution in [0.5, 0.6) is 0 Å². The van der Waals surface area contributed by atoms with Gasteiger partial charge in [-0.25, -0.2) is 4.39 Å². The highest BCUT2D eigenvalue weighted by Gasteiger charge is 2.42. The zero-order valence-corrected chi connectivity index (χ0v) is 15.9. The Labute approximate surface area is 153 Å². The smallest absolute Gasteiger partial charge is 0.255 e. The number of rotatable bonds is 7. The molecule has 0 saturated carbocycles. The van der Waals surface area contributed by atoms with Gasteiger partial charge in [0.2, 0.25) is 5.91 Å². The summed E-state index contributed by atoms with van der Waals surface area (Å²) in [7, 11) is 0. The van der Waals surface area contributed by atoms with Crippen molar-refractivity contribution < 1.29 is 14.0 Å². The molecule has 1 aromatic carbocycles. The molecule has 0 aliphatic carbocycles. The number of benzene rings is 1. The average molecular weight is 367 g/mol. The normalized spacial score (nSPS) is 20.1. The number of carbonyl (C=O) groups excluding carboxylic acids is 2. The molecule has 0 bridgehead atoms. The third-order valence-corrected chi connectivity index (χ3v) is 5.93. The molecule has 1 N–H and O–H groups in total. The van der Waals surface area contributed by atoms with Crippen LogP contribution in [0.4, 0.5) is 4.39 Å². The number of halogens is 1. The van der Waals surface area contributed by atoms with Crippen LogP contribution in [0.1, 0.15) is 50.4 Å². The molecule has 1 heterocycles. The van der Waals surface area contributed by atoms with E-state index in [0.717, 1.165) is 19.3 Å². The second-order valence-electron chi connectivity index (χ2n) is 6.70. The summed E-state index contributed by atoms with van der Waals surface area (Å²) in [4.78, 5) is 27.3. The molecule has 2 atom stereocenters. The van der Waals surface area contributed by atoms with Crippen LogP contribution in [0.2, 0.25) is 0 Å². The summed E-state index contributed by atoms with van der Waals surface area (Å²) < 4.78 is 13.1. The minimum Gasteiger partial charge on any atom is -0.354 e. The topological polar surface area (TPSA) is 49.4 Å². The number of carbonyl (C=O) groups is 2. The second kappa shape index (κ2) is 9.22. The van der Waals surface area contributed by atoms with Crippen LogP contribution >= 0.6 is 11.8 Å². The molecule has 0 aromatic heterocycles. The molecular formula is C19H27FN2O2S. The lowest BCUT2D eigenvalue weighted by Crippen LogP contribution is -2.51. The fraction of sp³-hybridized carbons (Fsp3) is 0.579. The molecule has 25 heavy (non-hydrogen) atoms. The molecule has 138 valence electrons. The molecule has 6 heteroatoms. The van der Waals surface area contributed by atoms with Crippen LogP contribution < -0.4 is 5.32 Å². The van der Waals surface area contributed by atoms with Gasteiger partial charge in [-0.2, -0.15) is 0 Å². The maximum absolute atomic E-state index is 13.1. The van der Waals surface area contributed by atoms with Crippen molar-refractivity contribution in [1.82, 2.24) is 10.2 Å². The number of amides is 2. The van der Waals surface area contributed by atoms with Gasteiger partial charge in [0.15, 0.2) is 0 Å². The van der Waals surface area contributed by atoms with Gasteiger partial charge in [0.05, 0.1) is 5.37 Å². The number of hydrogen-bond donors (Lipinski definition) is 1. The lowest BCUT2D eigenvalue weighted by molar-refractivity contribution is -0.124. The van der Waals surface area contributed by atoms with Crippen LogP contribution in [0.25, 0.3) is 0 Å². The Balaban J connectivity index is 2.14. The number of thioether (sulfide) groups is 1. The van der Waals surface area contributed by atoms with Crippen molar-refractivity contribution in [3.05, 3.63) is 35.6 Å². The van der Waals surface area contributed by atoms with Gasteiger partial charge in [-0.1, -0.05) is 33.6 Å². The molecule has 1 aromatic rings. The molecule has 1 aliphatic heterocycles. The van der Waals surface area contributed by atoms with E-state index in [2.05, 4.69) is 12.2 Å². The van der Waals surface area contributed by atoms with Gasteiger partial charge in [-0.3, -0.25) is 9.59 Å². The van der Waals surface area contributed by atoms with E-state index in [0.29, 0.717) is 17.9 Å². The molecule has 0 radical (unpaired) electrons. The predicted molar refractivity (Wildman–Crippen MR) is 100.0 cm³/mol. The van der Waals surface area contributed by atoms with E-state index in [1.807, 2.05) is 13.8 Å². The Morgan fingerprint density at radius 1 is 1.28 bits per heavy atom. The Morgan fingerprint density at radius 2 is 1.96 bits per heavy atom. The number of hydrogen-bond acceptors (Lipinski definition) is 3. The average Bonchev–Trinajstić information content (AvgIpc) is 3.04. The minimum atomic E-state index is -0.475. The van der Waals surface area contributed by atoms with Crippen LogP contribution in [0, 0.1) is 11.7 Å². The summed E-state index contributed by atoms with van der Waals surface area (Å²) in [6.07, 6.45) is 3.12. The van der Waals surface area contributed by atoms with E-state index in [9.17, 15) is 14.0 Å². The monoisotopic (exact) mass is 366 g/mol. The zero-order chi connectivity index (χ0) is 18.4. The molecular weight excluding hydrogens is 339 g/mol. The highest BCUT2D eigenvalue weighted by Crippen LogP contribution is 2.35. The van der Waals surface area contributed by atoms with E-state index in [4.69, 9.17) is 0 Å². The highest BCUT2D eigenvalue weighted by molar-refractivity contribution is 8.00. The van der Waals surface area contributed by atoms with E-state index >= 15 is 0 Å². The quantitative estimate of drug-likeness (QED) is 0.749.